The molecule has 0 saturated carbocycles. The normalized spacial score (nSPS) is 12.2. The van der Waals surface area contributed by atoms with E-state index in [0.29, 0.717) is 11.4 Å². The molecule has 5 heteroatoms. The number of esters is 1. The summed E-state index contributed by atoms with van der Waals surface area (Å²) in [6.07, 6.45) is 3.29. The molecule has 1 amide bonds. The number of amides is 1. The van der Waals surface area contributed by atoms with Gasteiger partial charge in [0.15, 0.2) is 6.10 Å². The molecular weight excluding hydrogens is 318 g/mol. The van der Waals surface area contributed by atoms with Crippen LogP contribution >= 0.6 is 0 Å². The van der Waals surface area contributed by atoms with Gasteiger partial charge >= 0.3 is 5.97 Å². The molecule has 1 aromatic heterocycles. The summed E-state index contributed by atoms with van der Waals surface area (Å²) in [4.78, 5) is 24.1. The van der Waals surface area contributed by atoms with Crippen LogP contribution in [0.2, 0.25) is 0 Å². The van der Waals surface area contributed by atoms with Crippen LogP contribution in [0.1, 0.15) is 12.7 Å². The first-order valence-corrected chi connectivity index (χ1v) is 7.84. The first-order valence-electron chi connectivity index (χ1n) is 7.84. The summed E-state index contributed by atoms with van der Waals surface area (Å²) in [6.45, 7) is 1.53. The van der Waals surface area contributed by atoms with Crippen molar-refractivity contribution in [1.29, 1.82) is 0 Å². The van der Waals surface area contributed by atoms with Gasteiger partial charge in [-0.05, 0) is 36.6 Å². The second-order valence-electron chi connectivity index (χ2n) is 5.44. The predicted molar refractivity (Wildman–Crippen MR) is 95.9 cm³/mol. The second kappa shape index (κ2) is 7.49. The van der Waals surface area contributed by atoms with Crippen molar-refractivity contribution in [2.24, 2.45) is 0 Å². The number of hydrogen-bond donors (Lipinski definition) is 1. The molecule has 0 unspecified atom stereocenters. The second-order valence-corrected chi connectivity index (χ2v) is 5.44. The minimum absolute atomic E-state index is 0.392. The van der Waals surface area contributed by atoms with Crippen LogP contribution in [0.15, 0.2) is 71.4 Å². The zero-order valence-corrected chi connectivity index (χ0v) is 13.6. The molecule has 0 fully saturated rings. The number of fused-ring (bicyclic) bond motifs is 1. The maximum absolute atomic E-state index is 12.3. The summed E-state index contributed by atoms with van der Waals surface area (Å²) >= 11 is 0. The number of ether oxygens (including phenoxy) is 1. The van der Waals surface area contributed by atoms with Crippen LogP contribution in [-0.2, 0) is 14.3 Å². The van der Waals surface area contributed by atoms with Crippen LogP contribution in [0.3, 0.4) is 0 Å². The van der Waals surface area contributed by atoms with E-state index in [2.05, 4.69) is 5.32 Å². The predicted octanol–water partition coefficient (Wildman–Crippen LogP) is 4.02. The van der Waals surface area contributed by atoms with Crippen molar-refractivity contribution in [2.75, 3.05) is 5.32 Å². The molecule has 1 atom stereocenters. The molecule has 5 nitrogen and oxygen atoms in total. The molecule has 0 bridgehead atoms. The van der Waals surface area contributed by atoms with E-state index in [1.165, 1.54) is 25.3 Å². The molecule has 0 aliphatic carbocycles. The molecule has 0 spiro atoms. The first-order chi connectivity index (χ1) is 12.1. The van der Waals surface area contributed by atoms with Crippen molar-refractivity contribution in [2.45, 2.75) is 13.0 Å². The van der Waals surface area contributed by atoms with Crippen molar-refractivity contribution >= 4 is 34.4 Å². The summed E-state index contributed by atoms with van der Waals surface area (Å²) in [7, 11) is 0. The highest BCUT2D eigenvalue weighted by atomic mass is 16.5. The Bertz CT molecular complexity index is 907. The number of anilines is 1. The van der Waals surface area contributed by atoms with Crippen LogP contribution in [0.5, 0.6) is 0 Å². The SMILES string of the molecule is C[C@@H](OC(=O)/C=C/c1ccco1)C(=O)Nc1cccc2ccccc12. The van der Waals surface area contributed by atoms with Gasteiger partial charge in [-0.15, -0.1) is 0 Å². The number of carbonyl (C=O) groups is 2. The van der Waals surface area contributed by atoms with Gasteiger partial charge in [0.25, 0.3) is 5.91 Å². The lowest BCUT2D eigenvalue weighted by atomic mass is 10.1. The van der Waals surface area contributed by atoms with Gasteiger partial charge in [0, 0.05) is 17.1 Å². The highest BCUT2D eigenvalue weighted by molar-refractivity contribution is 6.04. The largest absolute Gasteiger partial charge is 0.465 e. The zero-order valence-electron chi connectivity index (χ0n) is 13.6. The summed E-state index contributed by atoms with van der Waals surface area (Å²) in [5, 5.41) is 4.75. The first kappa shape index (κ1) is 16.5. The van der Waals surface area contributed by atoms with E-state index in [1.807, 2.05) is 42.5 Å². The van der Waals surface area contributed by atoms with E-state index in [1.54, 1.807) is 12.1 Å². The van der Waals surface area contributed by atoms with Gasteiger partial charge in [0.2, 0.25) is 0 Å². The number of nitrogens with one attached hydrogen (secondary N) is 1. The topological polar surface area (TPSA) is 68.5 Å². The van der Waals surface area contributed by atoms with Crippen LogP contribution in [0.25, 0.3) is 16.8 Å². The number of benzene rings is 2. The van der Waals surface area contributed by atoms with E-state index in [4.69, 9.17) is 9.15 Å². The molecule has 0 saturated heterocycles. The van der Waals surface area contributed by atoms with Crippen molar-refractivity contribution in [3.05, 3.63) is 72.7 Å². The van der Waals surface area contributed by atoms with Crippen molar-refractivity contribution in [1.82, 2.24) is 0 Å². The molecule has 0 aliphatic heterocycles. The highest BCUT2D eigenvalue weighted by Crippen LogP contribution is 2.23. The van der Waals surface area contributed by atoms with E-state index in [9.17, 15) is 9.59 Å². The third-order valence-corrected chi connectivity index (χ3v) is 3.64. The summed E-state index contributed by atoms with van der Waals surface area (Å²) in [6, 6.07) is 16.8. The number of hydrogen-bond acceptors (Lipinski definition) is 4. The van der Waals surface area contributed by atoms with Gasteiger partial charge in [-0.2, -0.15) is 0 Å². The minimum Gasteiger partial charge on any atom is -0.465 e. The Kier molecular flexibility index (Phi) is 4.95. The lowest BCUT2D eigenvalue weighted by molar-refractivity contribution is -0.148. The minimum atomic E-state index is -0.923. The monoisotopic (exact) mass is 335 g/mol. The fourth-order valence-electron chi connectivity index (χ4n) is 2.37. The van der Waals surface area contributed by atoms with Crippen LogP contribution in [-0.4, -0.2) is 18.0 Å². The maximum Gasteiger partial charge on any atom is 0.331 e. The lowest BCUT2D eigenvalue weighted by Gasteiger charge is -2.13. The standard InChI is InChI=1S/C20H17NO4/c1-14(25-19(22)12-11-16-8-5-13-24-16)20(23)21-18-10-4-7-15-6-2-3-9-17(15)18/h2-14H,1H3,(H,21,23)/b12-11+/t14-/m1/s1. The number of rotatable bonds is 5. The summed E-state index contributed by atoms with van der Waals surface area (Å²) in [5.41, 5.74) is 0.678. The lowest BCUT2D eigenvalue weighted by Crippen LogP contribution is -2.29. The third-order valence-electron chi connectivity index (χ3n) is 3.64. The Labute approximate surface area is 144 Å². The molecule has 3 rings (SSSR count). The van der Waals surface area contributed by atoms with E-state index < -0.39 is 18.0 Å². The Morgan fingerprint density at radius 2 is 1.88 bits per heavy atom. The average Bonchev–Trinajstić information content (AvgIpc) is 3.14. The fraction of sp³-hybridized carbons (Fsp3) is 0.100. The van der Waals surface area contributed by atoms with Crippen molar-refractivity contribution in [3.8, 4) is 0 Å². The molecule has 126 valence electrons. The zero-order chi connectivity index (χ0) is 17.6. The van der Waals surface area contributed by atoms with E-state index >= 15 is 0 Å². The van der Waals surface area contributed by atoms with E-state index in [-0.39, 0.29) is 0 Å². The van der Waals surface area contributed by atoms with Gasteiger partial charge in [-0.1, -0.05) is 36.4 Å². The van der Waals surface area contributed by atoms with Gasteiger partial charge in [-0.3, -0.25) is 4.79 Å². The molecule has 0 aliphatic rings. The van der Waals surface area contributed by atoms with Gasteiger partial charge in [-0.25, -0.2) is 4.79 Å². The molecule has 0 radical (unpaired) electrons. The number of carbonyl (C=O) groups excluding carboxylic acids is 2. The Morgan fingerprint density at radius 1 is 1.08 bits per heavy atom. The Balaban J connectivity index is 1.63. The Hall–Kier alpha value is -3.34. The third kappa shape index (κ3) is 4.14. The van der Waals surface area contributed by atoms with Gasteiger partial charge < -0.3 is 14.5 Å². The van der Waals surface area contributed by atoms with Crippen molar-refractivity contribution < 1.29 is 18.7 Å². The van der Waals surface area contributed by atoms with Crippen LogP contribution in [0.4, 0.5) is 5.69 Å². The molecule has 3 aromatic rings. The van der Waals surface area contributed by atoms with Crippen LogP contribution in [0, 0.1) is 0 Å². The average molecular weight is 335 g/mol. The Morgan fingerprint density at radius 3 is 2.68 bits per heavy atom. The summed E-state index contributed by atoms with van der Waals surface area (Å²) < 4.78 is 10.2. The molecular formula is C20H17NO4. The number of furan rings is 1. The molecule has 1 heterocycles. The smallest absolute Gasteiger partial charge is 0.331 e. The van der Waals surface area contributed by atoms with Crippen LogP contribution < -0.4 is 5.32 Å². The van der Waals surface area contributed by atoms with Gasteiger partial charge in [0.05, 0.1) is 6.26 Å². The fourth-order valence-corrected chi connectivity index (χ4v) is 2.37. The maximum atomic E-state index is 12.3. The molecule has 25 heavy (non-hydrogen) atoms. The highest BCUT2D eigenvalue weighted by Gasteiger charge is 2.17. The molecule has 1 N–H and O–H groups in total. The quantitative estimate of drug-likeness (QED) is 0.565. The molecule has 2 aromatic carbocycles. The van der Waals surface area contributed by atoms with Crippen molar-refractivity contribution in [3.63, 3.8) is 0 Å². The van der Waals surface area contributed by atoms with Gasteiger partial charge in [0.1, 0.15) is 5.76 Å². The summed E-state index contributed by atoms with van der Waals surface area (Å²) in [5.74, 6) is -0.474. The van der Waals surface area contributed by atoms with E-state index in [0.717, 1.165) is 10.8 Å².